The maximum absolute atomic E-state index is 12.6. The molecular formula is C23H30O6. The summed E-state index contributed by atoms with van der Waals surface area (Å²) in [7, 11) is 2.89. The Morgan fingerprint density at radius 3 is 1.48 bits per heavy atom. The standard InChI is InChI=1S/C23H30O6/c1-13-10-11-14-15(12-13)17(29-21(25)23(5,6)7)19(27-9)18(26-8)16(14)28-20(24)22(2,3)4/h10-12H,1-9H3. The Balaban J connectivity index is 2.84. The second-order valence-electron chi connectivity index (χ2n) is 9.05. The van der Waals surface area contributed by atoms with Crippen LogP contribution in [-0.4, -0.2) is 26.2 Å². The van der Waals surface area contributed by atoms with Gasteiger partial charge in [-0.05, 0) is 54.5 Å². The molecule has 0 radical (unpaired) electrons. The molecule has 0 heterocycles. The maximum atomic E-state index is 12.6. The van der Waals surface area contributed by atoms with E-state index in [0.29, 0.717) is 10.8 Å². The molecule has 0 atom stereocenters. The number of esters is 2. The zero-order valence-electron chi connectivity index (χ0n) is 18.7. The second-order valence-corrected chi connectivity index (χ2v) is 9.05. The maximum Gasteiger partial charge on any atom is 0.316 e. The Morgan fingerprint density at radius 2 is 1.10 bits per heavy atom. The van der Waals surface area contributed by atoms with Crippen molar-refractivity contribution in [3.8, 4) is 23.0 Å². The van der Waals surface area contributed by atoms with E-state index in [9.17, 15) is 9.59 Å². The van der Waals surface area contributed by atoms with E-state index < -0.39 is 22.8 Å². The van der Waals surface area contributed by atoms with Gasteiger partial charge in [0.2, 0.25) is 11.5 Å². The highest BCUT2D eigenvalue weighted by Gasteiger charge is 2.32. The van der Waals surface area contributed by atoms with Gasteiger partial charge in [0.1, 0.15) is 0 Å². The number of fused-ring (bicyclic) bond motifs is 1. The molecule has 2 aromatic rings. The molecule has 0 aliphatic carbocycles. The lowest BCUT2D eigenvalue weighted by Gasteiger charge is -2.23. The van der Waals surface area contributed by atoms with Gasteiger partial charge < -0.3 is 18.9 Å². The highest BCUT2D eigenvalue weighted by atomic mass is 16.6. The summed E-state index contributed by atoms with van der Waals surface area (Å²) in [4.78, 5) is 25.2. The molecule has 0 saturated carbocycles. The molecule has 6 heteroatoms. The van der Waals surface area contributed by atoms with Gasteiger partial charge in [-0.15, -0.1) is 0 Å². The van der Waals surface area contributed by atoms with Gasteiger partial charge in [0.15, 0.2) is 11.5 Å². The fraction of sp³-hybridized carbons (Fsp3) is 0.478. The number of carbonyl (C=O) groups is 2. The number of aryl methyl sites for hydroxylation is 1. The van der Waals surface area contributed by atoms with E-state index in [1.165, 1.54) is 14.2 Å². The second kappa shape index (κ2) is 7.93. The first-order valence-electron chi connectivity index (χ1n) is 9.44. The lowest BCUT2D eigenvalue weighted by molar-refractivity contribution is -0.144. The Kier molecular flexibility index (Phi) is 6.16. The van der Waals surface area contributed by atoms with Crippen molar-refractivity contribution in [3.05, 3.63) is 23.8 Å². The number of hydrogen-bond donors (Lipinski definition) is 0. The summed E-state index contributed by atoms with van der Waals surface area (Å²) in [6.07, 6.45) is 0. The van der Waals surface area contributed by atoms with Gasteiger partial charge in [-0.2, -0.15) is 0 Å². The Bertz CT molecular complexity index is 945. The van der Waals surface area contributed by atoms with Crippen LogP contribution in [-0.2, 0) is 9.59 Å². The molecule has 29 heavy (non-hydrogen) atoms. The highest BCUT2D eigenvalue weighted by molar-refractivity contribution is 6.02. The van der Waals surface area contributed by atoms with Crippen LogP contribution in [0.2, 0.25) is 0 Å². The van der Waals surface area contributed by atoms with Crippen LogP contribution >= 0.6 is 0 Å². The molecule has 158 valence electrons. The average Bonchev–Trinajstić information content (AvgIpc) is 2.60. The molecular weight excluding hydrogens is 372 g/mol. The SMILES string of the molecule is COc1c(OC)c(OC(=O)C(C)(C)C)c2cc(C)ccc2c1OC(=O)C(C)(C)C. The number of rotatable bonds is 4. The van der Waals surface area contributed by atoms with Crippen LogP contribution in [0.3, 0.4) is 0 Å². The molecule has 0 bridgehead atoms. The molecule has 2 aromatic carbocycles. The van der Waals surface area contributed by atoms with Crippen LogP contribution in [0, 0.1) is 17.8 Å². The molecule has 0 spiro atoms. The molecule has 2 rings (SSSR count). The van der Waals surface area contributed by atoms with E-state index in [1.807, 2.05) is 25.1 Å². The lowest BCUT2D eigenvalue weighted by Crippen LogP contribution is -2.27. The van der Waals surface area contributed by atoms with E-state index >= 15 is 0 Å². The van der Waals surface area contributed by atoms with Gasteiger partial charge in [-0.1, -0.05) is 17.7 Å². The average molecular weight is 402 g/mol. The van der Waals surface area contributed by atoms with Crippen molar-refractivity contribution in [1.82, 2.24) is 0 Å². The van der Waals surface area contributed by atoms with Crippen LogP contribution in [0.15, 0.2) is 18.2 Å². The predicted molar refractivity (Wildman–Crippen MR) is 112 cm³/mol. The molecule has 0 aromatic heterocycles. The number of methoxy groups -OCH3 is 2. The van der Waals surface area contributed by atoms with Crippen LogP contribution in [0.1, 0.15) is 47.1 Å². The van der Waals surface area contributed by atoms with Gasteiger partial charge in [-0.3, -0.25) is 9.59 Å². The van der Waals surface area contributed by atoms with Crippen molar-refractivity contribution in [2.75, 3.05) is 14.2 Å². The number of carbonyl (C=O) groups excluding carboxylic acids is 2. The zero-order chi connectivity index (χ0) is 22.1. The summed E-state index contributed by atoms with van der Waals surface area (Å²) in [6, 6.07) is 5.56. The van der Waals surface area contributed by atoms with Gasteiger partial charge in [0, 0.05) is 10.8 Å². The zero-order valence-corrected chi connectivity index (χ0v) is 18.7. The molecule has 0 aliphatic heterocycles. The lowest BCUT2D eigenvalue weighted by atomic mass is 9.96. The predicted octanol–water partition coefficient (Wildman–Crippen LogP) is 5.07. The van der Waals surface area contributed by atoms with E-state index in [-0.39, 0.29) is 23.0 Å². The first kappa shape index (κ1) is 22.5. The van der Waals surface area contributed by atoms with Gasteiger partial charge >= 0.3 is 11.9 Å². The first-order valence-corrected chi connectivity index (χ1v) is 9.44. The van der Waals surface area contributed by atoms with Crippen LogP contribution in [0.5, 0.6) is 23.0 Å². The molecule has 6 nitrogen and oxygen atoms in total. The minimum Gasteiger partial charge on any atom is -0.490 e. The number of hydrogen-bond acceptors (Lipinski definition) is 6. The summed E-state index contributed by atoms with van der Waals surface area (Å²) in [6.45, 7) is 12.5. The monoisotopic (exact) mass is 402 g/mol. The Morgan fingerprint density at radius 1 is 0.690 bits per heavy atom. The summed E-state index contributed by atoms with van der Waals surface area (Å²) >= 11 is 0. The summed E-state index contributed by atoms with van der Waals surface area (Å²) < 4.78 is 22.6. The quantitative estimate of drug-likeness (QED) is 0.525. The van der Waals surface area contributed by atoms with Crippen LogP contribution in [0.4, 0.5) is 0 Å². The molecule has 0 aliphatic rings. The van der Waals surface area contributed by atoms with E-state index in [1.54, 1.807) is 41.5 Å². The Labute approximate surface area is 172 Å². The fourth-order valence-corrected chi connectivity index (χ4v) is 2.56. The molecule has 0 N–H and O–H groups in total. The normalized spacial score (nSPS) is 11.9. The number of benzene rings is 2. The van der Waals surface area contributed by atoms with Crippen molar-refractivity contribution >= 4 is 22.7 Å². The van der Waals surface area contributed by atoms with E-state index in [0.717, 1.165) is 5.56 Å². The van der Waals surface area contributed by atoms with Gasteiger partial charge in [0.25, 0.3) is 0 Å². The Hall–Kier alpha value is -2.76. The molecule has 0 fully saturated rings. The van der Waals surface area contributed by atoms with E-state index in [4.69, 9.17) is 18.9 Å². The van der Waals surface area contributed by atoms with Crippen LogP contribution < -0.4 is 18.9 Å². The van der Waals surface area contributed by atoms with Gasteiger partial charge in [0.05, 0.1) is 25.0 Å². The number of ether oxygens (including phenoxy) is 4. The van der Waals surface area contributed by atoms with Crippen molar-refractivity contribution in [3.63, 3.8) is 0 Å². The topological polar surface area (TPSA) is 71.1 Å². The van der Waals surface area contributed by atoms with Crippen molar-refractivity contribution in [2.24, 2.45) is 10.8 Å². The van der Waals surface area contributed by atoms with E-state index in [2.05, 4.69) is 0 Å². The first-order chi connectivity index (χ1) is 13.3. The minimum absolute atomic E-state index is 0.193. The fourth-order valence-electron chi connectivity index (χ4n) is 2.56. The third-order valence-corrected chi connectivity index (χ3v) is 4.31. The highest BCUT2D eigenvalue weighted by Crippen LogP contribution is 2.52. The largest absolute Gasteiger partial charge is 0.490 e. The molecule has 0 unspecified atom stereocenters. The van der Waals surface area contributed by atoms with Gasteiger partial charge in [-0.25, -0.2) is 0 Å². The van der Waals surface area contributed by atoms with Crippen molar-refractivity contribution in [1.29, 1.82) is 0 Å². The summed E-state index contributed by atoms with van der Waals surface area (Å²) in [5.41, 5.74) is -0.482. The third-order valence-electron chi connectivity index (χ3n) is 4.31. The van der Waals surface area contributed by atoms with Crippen molar-refractivity contribution < 1.29 is 28.5 Å². The minimum atomic E-state index is -0.717. The summed E-state index contributed by atoms with van der Waals surface area (Å²) in [5, 5.41) is 1.18. The smallest absolute Gasteiger partial charge is 0.316 e. The molecule has 0 saturated heterocycles. The third kappa shape index (κ3) is 4.63. The van der Waals surface area contributed by atoms with Crippen LogP contribution in [0.25, 0.3) is 10.8 Å². The summed E-state index contributed by atoms with van der Waals surface area (Å²) in [5.74, 6) is 0.0192. The van der Waals surface area contributed by atoms with Crippen molar-refractivity contribution in [2.45, 2.75) is 48.5 Å². The molecule has 0 amide bonds.